The summed E-state index contributed by atoms with van der Waals surface area (Å²) in [6.45, 7) is 4.75. The third-order valence-corrected chi connectivity index (χ3v) is 6.70. The molecule has 1 aromatic carbocycles. The Kier molecular flexibility index (Phi) is 3.87. The number of hydrogen-bond donors (Lipinski definition) is 0. The zero-order valence-electron chi connectivity index (χ0n) is 13.0. The monoisotopic (exact) mass is 323 g/mol. The standard InChI is InChI=1S/C16H21NO4S/c1-12-3-4-15(13(2)9-12)22(19,20)17-7-5-16(6-8-17)10-14(18)11-21-16/h3-4,9H,5-8,10-11H2,1-2H3. The molecule has 2 fully saturated rings. The molecule has 0 aliphatic carbocycles. The third-order valence-electron chi connectivity index (χ3n) is 4.64. The number of aryl methyl sites for hydroxylation is 2. The summed E-state index contributed by atoms with van der Waals surface area (Å²) in [4.78, 5) is 11.8. The number of nitrogens with zero attached hydrogens (tertiary/aromatic N) is 1. The predicted molar refractivity (Wildman–Crippen MR) is 82.2 cm³/mol. The molecule has 6 heteroatoms. The molecule has 0 atom stereocenters. The van der Waals surface area contributed by atoms with E-state index in [9.17, 15) is 13.2 Å². The molecule has 0 amide bonds. The minimum atomic E-state index is -3.48. The molecule has 1 spiro atoms. The average Bonchev–Trinajstić information content (AvgIpc) is 2.80. The summed E-state index contributed by atoms with van der Waals surface area (Å²) < 4.78 is 32.8. The van der Waals surface area contributed by atoms with Crippen molar-refractivity contribution in [2.75, 3.05) is 19.7 Å². The number of ether oxygens (including phenoxy) is 1. The van der Waals surface area contributed by atoms with Gasteiger partial charge in [-0.05, 0) is 38.3 Å². The molecule has 0 unspecified atom stereocenters. The summed E-state index contributed by atoms with van der Waals surface area (Å²) in [7, 11) is -3.48. The lowest BCUT2D eigenvalue weighted by molar-refractivity contribution is -0.117. The third kappa shape index (κ3) is 2.71. The van der Waals surface area contributed by atoms with Gasteiger partial charge in [-0.3, -0.25) is 4.79 Å². The summed E-state index contributed by atoms with van der Waals surface area (Å²) in [5.41, 5.74) is 1.39. The van der Waals surface area contributed by atoms with Crippen LogP contribution in [0.25, 0.3) is 0 Å². The van der Waals surface area contributed by atoms with E-state index in [0.29, 0.717) is 37.2 Å². The number of sulfonamides is 1. The van der Waals surface area contributed by atoms with Gasteiger partial charge >= 0.3 is 0 Å². The van der Waals surface area contributed by atoms with Crippen LogP contribution in [-0.2, 0) is 19.6 Å². The zero-order chi connectivity index (χ0) is 16.0. The van der Waals surface area contributed by atoms with Crippen LogP contribution in [0.2, 0.25) is 0 Å². The second-order valence-corrected chi connectivity index (χ2v) is 8.27. The van der Waals surface area contributed by atoms with Gasteiger partial charge in [-0.25, -0.2) is 8.42 Å². The Labute approximate surface area is 131 Å². The first kappa shape index (κ1) is 15.6. The van der Waals surface area contributed by atoms with Gasteiger partial charge in [-0.15, -0.1) is 0 Å². The maximum atomic E-state index is 12.8. The van der Waals surface area contributed by atoms with Crippen LogP contribution in [-0.4, -0.2) is 43.8 Å². The van der Waals surface area contributed by atoms with Gasteiger partial charge in [0.2, 0.25) is 10.0 Å². The van der Waals surface area contributed by atoms with Crippen LogP contribution < -0.4 is 0 Å². The van der Waals surface area contributed by atoms with E-state index in [1.807, 2.05) is 26.0 Å². The molecule has 2 heterocycles. The van der Waals surface area contributed by atoms with Crippen LogP contribution in [0.4, 0.5) is 0 Å². The fraction of sp³-hybridized carbons (Fsp3) is 0.562. The van der Waals surface area contributed by atoms with E-state index in [1.165, 1.54) is 4.31 Å². The van der Waals surface area contributed by atoms with E-state index in [-0.39, 0.29) is 12.4 Å². The van der Waals surface area contributed by atoms with E-state index in [1.54, 1.807) is 6.07 Å². The molecule has 2 aliphatic heterocycles. The minimum absolute atomic E-state index is 0.116. The first-order chi connectivity index (χ1) is 10.3. The summed E-state index contributed by atoms with van der Waals surface area (Å²) in [5, 5.41) is 0. The summed E-state index contributed by atoms with van der Waals surface area (Å²) in [6, 6.07) is 5.39. The number of carbonyl (C=O) groups is 1. The van der Waals surface area contributed by atoms with E-state index < -0.39 is 15.6 Å². The fourth-order valence-electron chi connectivity index (χ4n) is 3.38. The van der Waals surface area contributed by atoms with Crippen molar-refractivity contribution in [3.63, 3.8) is 0 Å². The van der Waals surface area contributed by atoms with E-state index in [0.717, 1.165) is 11.1 Å². The molecule has 2 saturated heterocycles. The Morgan fingerprint density at radius 1 is 1.18 bits per heavy atom. The van der Waals surface area contributed by atoms with Crippen LogP contribution >= 0.6 is 0 Å². The van der Waals surface area contributed by atoms with Crippen molar-refractivity contribution in [1.82, 2.24) is 4.31 Å². The van der Waals surface area contributed by atoms with Crippen molar-refractivity contribution in [3.05, 3.63) is 29.3 Å². The molecule has 0 bridgehead atoms. The van der Waals surface area contributed by atoms with Crippen LogP contribution in [0.15, 0.2) is 23.1 Å². The number of carbonyl (C=O) groups excluding carboxylic acids is 1. The fourth-order valence-corrected chi connectivity index (χ4v) is 5.03. The highest BCUT2D eigenvalue weighted by Gasteiger charge is 2.44. The number of piperidine rings is 1. The normalized spacial score (nSPS) is 22.4. The minimum Gasteiger partial charge on any atom is -0.367 e. The quantitative estimate of drug-likeness (QED) is 0.833. The molecule has 0 radical (unpaired) electrons. The van der Waals surface area contributed by atoms with Gasteiger partial charge in [0.15, 0.2) is 5.78 Å². The van der Waals surface area contributed by atoms with Gasteiger partial charge in [0, 0.05) is 19.5 Å². The average molecular weight is 323 g/mol. The summed E-state index contributed by atoms with van der Waals surface area (Å²) in [5.74, 6) is 0.116. The zero-order valence-corrected chi connectivity index (χ0v) is 13.8. The first-order valence-corrected chi connectivity index (χ1v) is 9.00. The van der Waals surface area contributed by atoms with Crippen molar-refractivity contribution < 1.29 is 17.9 Å². The molecule has 1 aromatic rings. The lowest BCUT2D eigenvalue weighted by Gasteiger charge is -2.37. The Morgan fingerprint density at radius 2 is 1.86 bits per heavy atom. The topological polar surface area (TPSA) is 63.7 Å². The lowest BCUT2D eigenvalue weighted by atomic mass is 9.89. The molecule has 120 valence electrons. The highest BCUT2D eigenvalue weighted by Crippen LogP contribution is 2.36. The van der Waals surface area contributed by atoms with Crippen molar-refractivity contribution >= 4 is 15.8 Å². The van der Waals surface area contributed by atoms with Crippen LogP contribution in [0, 0.1) is 13.8 Å². The highest BCUT2D eigenvalue weighted by atomic mass is 32.2. The molecule has 5 nitrogen and oxygen atoms in total. The maximum absolute atomic E-state index is 12.8. The van der Waals surface area contributed by atoms with Crippen molar-refractivity contribution in [2.45, 2.75) is 43.6 Å². The first-order valence-electron chi connectivity index (χ1n) is 7.56. The Bertz CT molecular complexity index is 703. The molecular formula is C16H21NO4S. The number of rotatable bonds is 2. The maximum Gasteiger partial charge on any atom is 0.243 e. The smallest absolute Gasteiger partial charge is 0.243 e. The van der Waals surface area contributed by atoms with Gasteiger partial charge in [-0.2, -0.15) is 4.31 Å². The number of hydrogen-bond acceptors (Lipinski definition) is 4. The van der Waals surface area contributed by atoms with Gasteiger partial charge in [0.1, 0.15) is 6.61 Å². The van der Waals surface area contributed by atoms with Crippen molar-refractivity contribution in [2.24, 2.45) is 0 Å². The molecule has 0 saturated carbocycles. The van der Waals surface area contributed by atoms with Crippen LogP contribution in [0.5, 0.6) is 0 Å². The second kappa shape index (κ2) is 5.44. The second-order valence-electron chi connectivity index (χ2n) is 6.36. The van der Waals surface area contributed by atoms with Crippen molar-refractivity contribution in [3.8, 4) is 0 Å². The Morgan fingerprint density at radius 3 is 2.41 bits per heavy atom. The molecule has 3 rings (SSSR count). The van der Waals surface area contributed by atoms with Crippen molar-refractivity contribution in [1.29, 1.82) is 0 Å². The van der Waals surface area contributed by atoms with E-state index in [4.69, 9.17) is 4.74 Å². The van der Waals surface area contributed by atoms with Crippen LogP contribution in [0.3, 0.4) is 0 Å². The predicted octanol–water partition coefficient (Wildman–Crippen LogP) is 1.82. The number of ketones is 1. The largest absolute Gasteiger partial charge is 0.367 e. The van der Waals surface area contributed by atoms with Gasteiger partial charge in [0.25, 0.3) is 0 Å². The highest BCUT2D eigenvalue weighted by molar-refractivity contribution is 7.89. The SMILES string of the molecule is Cc1ccc(S(=O)(=O)N2CCC3(CC2)CC(=O)CO3)c(C)c1. The Hall–Kier alpha value is -1.24. The van der Waals surface area contributed by atoms with Crippen LogP contribution in [0.1, 0.15) is 30.4 Å². The van der Waals surface area contributed by atoms with E-state index >= 15 is 0 Å². The molecular weight excluding hydrogens is 302 g/mol. The molecule has 22 heavy (non-hydrogen) atoms. The number of Topliss-reactive ketones (excluding diaryl/α,β-unsaturated/α-hetero) is 1. The Balaban J connectivity index is 1.79. The van der Waals surface area contributed by atoms with Gasteiger partial charge < -0.3 is 4.74 Å². The van der Waals surface area contributed by atoms with Gasteiger partial charge in [0.05, 0.1) is 10.5 Å². The summed E-state index contributed by atoms with van der Waals surface area (Å²) >= 11 is 0. The summed E-state index contributed by atoms with van der Waals surface area (Å²) in [6.07, 6.45) is 1.59. The van der Waals surface area contributed by atoms with E-state index in [2.05, 4.69) is 0 Å². The van der Waals surface area contributed by atoms with Gasteiger partial charge in [-0.1, -0.05) is 17.7 Å². The molecule has 0 aromatic heterocycles. The molecule has 2 aliphatic rings. The lowest BCUT2D eigenvalue weighted by Crippen LogP contribution is -2.46. The molecule has 0 N–H and O–H groups in total. The number of benzene rings is 1.